The molecule has 3 nitrogen and oxygen atoms in total. The van der Waals surface area contributed by atoms with Gasteiger partial charge in [-0.2, -0.15) is 0 Å². The maximum atomic E-state index is 5.17. The number of aliphatic imine (C=N–C) groups is 1. The summed E-state index contributed by atoms with van der Waals surface area (Å²) in [6.07, 6.45) is 1.16. The summed E-state index contributed by atoms with van der Waals surface area (Å²) >= 11 is 1.82. The number of thioether (sulfide) groups is 1. The van der Waals surface area contributed by atoms with Gasteiger partial charge >= 0.3 is 0 Å². The molecule has 0 fully saturated rings. The third kappa shape index (κ3) is 2.70. The SMILES string of the molecule is CCC1CN=C(Nc2cccc(OC)c2)S1. The van der Waals surface area contributed by atoms with Crippen molar-refractivity contribution >= 4 is 22.6 Å². The highest BCUT2D eigenvalue weighted by molar-refractivity contribution is 8.15. The first-order valence-electron chi connectivity index (χ1n) is 5.44. The molecular formula is C12H16N2OS. The van der Waals surface area contributed by atoms with E-state index >= 15 is 0 Å². The zero-order valence-corrected chi connectivity index (χ0v) is 10.4. The standard InChI is InChI=1S/C12H16N2OS/c1-3-11-8-13-12(16-11)14-9-5-4-6-10(7-9)15-2/h4-7,11H,3,8H2,1-2H3,(H,13,14). The van der Waals surface area contributed by atoms with Gasteiger partial charge in [0.05, 0.1) is 13.7 Å². The van der Waals surface area contributed by atoms with Crippen LogP contribution in [0.2, 0.25) is 0 Å². The number of anilines is 1. The van der Waals surface area contributed by atoms with E-state index in [0.29, 0.717) is 5.25 Å². The van der Waals surface area contributed by atoms with Crippen LogP contribution in [0, 0.1) is 0 Å². The minimum Gasteiger partial charge on any atom is -0.497 e. The molecule has 1 unspecified atom stereocenters. The van der Waals surface area contributed by atoms with Gasteiger partial charge in [-0.25, -0.2) is 0 Å². The summed E-state index contributed by atoms with van der Waals surface area (Å²) in [6, 6.07) is 7.90. The fraction of sp³-hybridized carbons (Fsp3) is 0.417. The summed E-state index contributed by atoms with van der Waals surface area (Å²) in [6.45, 7) is 3.12. The Bertz CT molecular complexity index is 392. The molecular weight excluding hydrogens is 220 g/mol. The van der Waals surface area contributed by atoms with E-state index < -0.39 is 0 Å². The number of nitrogens with one attached hydrogen (secondary N) is 1. The molecule has 1 N–H and O–H groups in total. The van der Waals surface area contributed by atoms with Gasteiger partial charge in [0.15, 0.2) is 5.17 Å². The molecule has 86 valence electrons. The summed E-state index contributed by atoms with van der Waals surface area (Å²) < 4.78 is 5.17. The van der Waals surface area contributed by atoms with Crippen molar-refractivity contribution in [3.8, 4) is 5.75 Å². The largest absolute Gasteiger partial charge is 0.497 e. The second-order valence-electron chi connectivity index (χ2n) is 3.65. The van der Waals surface area contributed by atoms with Crippen LogP contribution in [0.25, 0.3) is 0 Å². The summed E-state index contributed by atoms with van der Waals surface area (Å²) in [5.74, 6) is 0.862. The van der Waals surface area contributed by atoms with Crippen molar-refractivity contribution in [1.82, 2.24) is 0 Å². The van der Waals surface area contributed by atoms with Gasteiger partial charge in [0.1, 0.15) is 5.75 Å². The van der Waals surface area contributed by atoms with E-state index in [2.05, 4.69) is 17.2 Å². The van der Waals surface area contributed by atoms with E-state index in [1.165, 1.54) is 0 Å². The molecule has 1 heterocycles. The quantitative estimate of drug-likeness (QED) is 0.876. The Labute approximate surface area is 100 Å². The Hall–Kier alpha value is -1.16. The Morgan fingerprint density at radius 2 is 2.44 bits per heavy atom. The van der Waals surface area contributed by atoms with Gasteiger partial charge in [-0.15, -0.1) is 0 Å². The van der Waals surface area contributed by atoms with Gasteiger partial charge in [0.25, 0.3) is 0 Å². The smallest absolute Gasteiger partial charge is 0.161 e. The molecule has 1 aliphatic heterocycles. The molecule has 1 aliphatic rings. The second-order valence-corrected chi connectivity index (χ2v) is 4.94. The Balaban J connectivity index is 1.99. The normalized spacial score (nSPS) is 19.4. The molecule has 0 aliphatic carbocycles. The van der Waals surface area contributed by atoms with Crippen LogP contribution in [0.3, 0.4) is 0 Å². The molecule has 4 heteroatoms. The molecule has 16 heavy (non-hydrogen) atoms. The molecule has 1 aromatic rings. The molecule has 0 saturated heterocycles. The third-order valence-corrected chi connectivity index (χ3v) is 3.76. The lowest BCUT2D eigenvalue weighted by molar-refractivity contribution is 0.415. The van der Waals surface area contributed by atoms with Crippen molar-refractivity contribution in [1.29, 1.82) is 0 Å². The van der Waals surface area contributed by atoms with Crippen LogP contribution < -0.4 is 10.1 Å². The number of rotatable bonds is 3. The number of ether oxygens (including phenoxy) is 1. The van der Waals surface area contributed by atoms with E-state index in [9.17, 15) is 0 Å². The maximum Gasteiger partial charge on any atom is 0.161 e. The lowest BCUT2D eigenvalue weighted by atomic mass is 10.3. The lowest BCUT2D eigenvalue weighted by Crippen LogP contribution is -2.06. The van der Waals surface area contributed by atoms with E-state index in [1.807, 2.05) is 36.0 Å². The van der Waals surface area contributed by atoms with Crippen LogP contribution in [-0.2, 0) is 0 Å². The van der Waals surface area contributed by atoms with Crippen LogP contribution in [0.1, 0.15) is 13.3 Å². The second kappa shape index (κ2) is 5.25. The van der Waals surface area contributed by atoms with E-state index in [-0.39, 0.29) is 0 Å². The monoisotopic (exact) mass is 236 g/mol. The highest BCUT2D eigenvalue weighted by atomic mass is 32.2. The van der Waals surface area contributed by atoms with Gasteiger partial charge in [0, 0.05) is 17.0 Å². The zero-order chi connectivity index (χ0) is 11.4. The van der Waals surface area contributed by atoms with Gasteiger partial charge in [-0.1, -0.05) is 24.8 Å². The predicted molar refractivity (Wildman–Crippen MR) is 70.6 cm³/mol. The number of benzene rings is 1. The number of hydrogen-bond acceptors (Lipinski definition) is 4. The van der Waals surface area contributed by atoms with Gasteiger partial charge in [-0.3, -0.25) is 4.99 Å². The molecule has 2 rings (SSSR count). The van der Waals surface area contributed by atoms with Crippen LogP contribution in [0.5, 0.6) is 5.75 Å². The molecule has 0 radical (unpaired) electrons. The highest BCUT2D eigenvalue weighted by Crippen LogP contribution is 2.25. The van der Waals surface area contributed by atoms with E-state index in [4.69, 9.17) is 4.74 Å². The number of hydrogen-bond donors (Lipinski definition) is 1. The summed E-state index contributed by atoms with van der Waals surface area (Å²) in [5, 5.41) is 4.96. The minimum absolute atomic E-state index is 0.633. The van der Waals surface area contributed by atoms with Crippen LogP contribution in [0.4, 0.5) is 5.69 Å². The van der Waals surface area contributed by atoms with E-state index in [1.54, 1.807) is 7.11 Å². The summed E-state index contributed by atoms with van der Waals surface area (Å²) in [5.41, 5.74) is 1.03. The zero-order valence-electron chi connectivity index (χ0n) is 9.56. The average Bonchev–Trinajstić information content (AvgIpc) is 2.77. The molecule has 0 saturated carbocycles. The summed E-state index contributed by atoms with van der Waals surface area (Å²) in [4.78, 5) is 4.47. The molecule has 0 amide bonds. The first-order chi connectivity index (χ1) is 7.81. The highest BCUT2D eigenvalue weighted by Gasteiger charge is 2.17. The average molecular weight is 236 g/mol. The van der Waals surface area contributed by atoms with Crippen LogP contribution in [-0.4, -0.2) is 24.1 Å². The van der Waals surface area contributed by atoms with Gasteiger partial charge in [0.2, 0.25) is 0 Å². The maximum absolute atomic E-state index is 5.17. The Morgan fingerprint density at radius 1 is 1.56 bits per heavy atom. The van der Waals surface area contributed by atoms with E-state index in [0.717, 1.165) is 29.6 Å². The van der Waals surface area contributed by atoms with Crippen molar-refractivity contribution in [2.45, 2.75) is 18.6 Å². The van der Waals surface area contributed by atoms with Gasteiger partial charge in [-0.05, 0) is 18.6 Å². The minimum atomic E-state index is 0.633. The first kappa shape index (κ1) is 11.3. The third-order valence-electron chi connectivity index (χ3n) is 2.49. The van der Waals surface area contributed by atoms with Crippen molar-refractivity contribution < 1.29 is 4.74 Å². The van der Waals surface area contributed by atoms with Crippen molar-refractivity contribution in [3.63, 3.8) is 0 Å². The summed E-state index contributed by atoms with van der Waals surface area (Å²) in [7, 11) is 1.67. The number of amidine groups is 1. The van der Waals surface area contributed by atoms with Crippen LogP contribution in [0.15, 0.2) is 29.3 Å². The fourth-order valence-electron chi connectivity index (χ4n) is 1.52. The van der Waals surface area contributed by atoms with Crippen molar-refractivity contribution in [2.24, 2.45) is 4.99 Å². The molecule has 1 aromatic carbocycles. The molecule has 0 spiro atoms. The predicted octanol–water partition coefficient (Wildman–Crippen LogP) is 2.99. The number of nitrogens with zero attached hydrogens (tertiary/aromatic N) is 1. The van der Waals surface area contributed by atoms with Crippen molar-refractivity contribution in [2.75, 3.05) is 19.0 Å². The first-order valence-corrected chi connectivity index (χ1v) is 6.32. The topological polar surface area (TPSA) is 33.6 Å². The Morgan fingerprint density at radius 3 is 3.12 bits per heavy atom. The lowest BCUT2D eigenvalue weighted by Gasteiger charge is -2.08. The Kier molecular flexibility index (Phi) is 3.72. The fourth-order valence-corrected chi connectivity index (χ4v) is 2.48. The number of methoxy groups -OCH3 is 1. The molecule has 0 bridgehead atoms. The van der Waals surface area contributed by atoms with Crippen LogP contribution >= 0.6 is 11.8 Å². The van der Waals surface area contributed by atoms with Crippen molar-refractivity contribution in [3.05, 3.63) is 24.3 Å². The molecule has 1 atom stereocenters. The molecule has 0 aromatic heterocycles. The van der Waals surface area contributed by atoms with Gasteiger partial charge < -0.3 is 10.1 Å².